The van der Waals surface area contributed by atoms with Gasteiger partial charge in [0, 0.05) is 30.5 Å². The number of hydrazine groups is 1. The van der Waals surface area contributed by atoms with Crippen molar-refractivity contribution in [2.75, 3.05) is 13.1 Å². The number of carbonyl (C=O) groups excluding carboxylic acids is 3. The first kappa shape index (κ1) is 19.7. The van der Waals surface area contributed by atoms with Crippen molar-refractivity contribution in [3.05, 3.63) is 71.5 Å². The van der Waals surface area contributed by atoms with Crippen LogP contribution in [0.15, 0.2) is 59.0 Å². The minimum absolute atomic E-state index is 0.0504. The van der Waals surface area contributed by atoms with Crippen molar-refractivity contribution in [1.29, 1.82) is 0 Å². The van der Waals surface area contributed by atoms with E-state index in [0.29, 0.717) is 24.2 Å². The lowest BCUT2D eigenvalue weighted by molar-refractivity contribution is -0.129. The van der Waals surface area contributed by atoms with Crippen molar-refractivity contribution in [3.63, 3.8) is 0 Å². The molecule has 0 bridgehead atoms. The highest BCUT2D eigenvalue weighted by molar-refractivity contribution is 6.00. The van der Waals surface area contributed by atoms with Gasteiger partial charge in [-0.1, -0.05) is 48.5 Å². The van der Waals surface area contributed by atoms with Crippen molar-refractivity contribution < 1.29 is 18.8 Å². The number of carbonyl (C=O) groups is 3. The normalized spacial score (nSPS) is 16.1. The molecule has 7 nitrogen and oxygen atoms in total. The van der Waals surface area contributed by atoms with Crippen LogP contribution >= 0.6 is 0 Å². The molecule has 1 aliphatic rings. The SMILES string of the molecule is Cc1c(C(=O)NNC(=O)C2CC(=O)N(CCc3ccccc3)C2)oc2ccccc12. The van der Waals surface area contributed by atoms with Gasteiger partial charge in [-0.25, -0.2) is 0 Å². The van der Waals surface area contributed by atoms with Gasteiger partial charge >= 0.3 is 5.91 Å². The van der Waals surface area contributed by atoms with Gasteiger partial charge in [0.15, 0.2) is 5.76 Å². The van der Waals surface area contributed by atoms with Crippen LogP contribution in [0.25, 0.3) is 11.0 Å². The average molecular weight is 405 g/mol. The van der Waals surface area contributed by atoms with Crippen LogP contribution in [0, 0.1) is 12.8 Å². The molecule has 1 unspecified atom stereocenters. The fourth-order valence-electron chi connectivity index (χ4n) is 3.74. The van der Waals surface area contributed by atoms with Gasteiger partial charge in [-0.2, -0.15) is 0 Å². The highest BCUT2D eigenvalue weighted by Crippen LogP contribution is 2.24. The van der Waals surface area contributed by atoms with E-state index in [1.807, 2.05) is 48.5 Å². The molecule has 154 valence electrons. The van der Waals surface area contributed by atoms with E-state index in [2.05, 4.69) is 10.9 Å². The van der Waals surface area contributed by atoms with Gasteiger partial charge in [-0.15, -0.1) is 0 Å². The maximum Gasteiger partial charge on any atom is 0.305 e. The highest BCUT2D eigenvalue weighted by atomic mass is 16.3. The van der Waals surface area contributed by atoms with Gasteiger partial charge < -0.3 is 9.32 Å². The Labute approximate surface area is 174 Å². The molecule has 1 atom stereocenters. The van der Waals surface area contributed by atoms with E-state index in [4.69, 9.17) is 4.42 Å². The van der Waals surface area contributed by atoms with E-state index in [1.54, 1.807) is 17.9 Å². The quantitative estimate of drug-likeness (QED) is 0.639. The Bertz CT molecular complexity index is 1090. The van der Waals surface area contributed by atoms with Gasteiger partial charge in [0.05, 0.1) is 5.92 Å². The van der Waals surface area contributed by atoms with Crippen LogP contribution in [0.2, 0.25) is 0 Å². The Morgan fingerprint density at radius 3 is 2.57 bits per heavy atom. The monoisotopic (exact) mass is 405 g/mol. The van der Waals surface area contributed by atoms with Gasteiger partial charge in [0.25, 0.3) is 0 Å². The molecule has 1 fully saturated rings. The van der Waals surface area contributed by atoms with Crippen LogP contribution < -0.4 is 10.9 Å². The molecule has 3 amide bonds. The minimum atomic E-state index is -0.526. The Morgan fingerprint density at radius 1 is 1.07 bits per heavy atom. The molecule has 1 saturated heterocycles. The molecule has 4 rings (SSSR count). The van der Waals surface area contributed by atoms with E-state index in [1.165, 1.54) is 0 Å². The molecule has 2 N–H and O–H groups in total. The summed E-state index contributed by atoms with van der Waals surface area (Å²) in [6, 6.07) is 17.3. The zero-order valence-electron chi connectivity index (χ0n) is 16.7. The molecular weight excluding hydrogens is 382 g/mol. The molecule has 1 aromatic heterocycles. The van der Waals surface area contributed by atoms with E-state index in [0.717, 1.165) is 17.4 Å². The molecule has 2 heterocycles. The fourth-order valence-corrected chi connectivity index (χ4v) is 3.74. The largest absolute Gasteiger partial charge is 0.451 e. The molecule has 7 heteroatoms. The molecule has 0 aliphatic carbocycles. The molecule has 2 aromatic carbocycles. The number of benzene rings is 2. The molecule has 3 aromatic rings. The van der Waals surface area contributed by atoms with E-state index in [-0.39, 0.29) is 24.0 Å². The summed E-state index contributed by atoms with van der Waals surface area (Å²) in [6.45, 7) is 2.71. The fraction of sp³-hybridized carbons (Fsp3) is 0.261. The summed E-state index contributed by atoms with van der Waals surface area (Å²) < 4.78 is 5.60. The maximum atomic E-state index is 12.5. The number of fused-ring (bicyclic) bond motifs is 1. The van der Waals surface area contributed by atoms with Gasteiger partial charge in [0.1, 0.15) is 5.58 Å². The summed E-state index contributed by atoms with van der Waals surface area (Å²) in [7, 11) is 0. The molecule has 1 aliphatic heterocycles. The van der Waals surface area contributed by atoms with Crippen LogP contribution in [0.1, 0.15) is 28.1 Å². The number of hydrogen-bond donors (Lipinski definition) is 2. The molecule has 30 heavy (non-hydrogen) atoms. The summed E-state index contributed by atoms with van der Waals surface area (Å²) in [5.74, 6) is -1.30. The van der Waals surface area contributed by atoms with E-state index >= 15 is 0 Å². The van der Waals surface area contributed by atoms with Gasteiger partial charge in [-0.3, -0.25) is 25.2 Å². The molecule has 0 radical (unpaired) electrons. The summed E-state index contributed by atoms with van der Waals surface area (Å²) in [5, 5.41) is 0.851. The van der Waals surface area contributed by atoms with Crippen LogP contribution in [0.4, 0.5) is 0 Å². The smallest absolute Gasteiger partial charge is 0.305 e. The summed E-state index contributed by atoms with van der Waals surface area (Å²) in [5.41, 5.74) is 7.30. The first-order valence-electron chi connectivity index (χ1n) is 9.93. The Morgan fingerprint density at radius 2 is 1.80 bits per heavy atom. The second-order valence-corrected chi connectivity index (χ2v) is 7.47. The molecule has 0 spiro atoms. The topological polar surface area (TPSA) is 91.7 Å². The second-order valence-electron chi connectivity index (χ2n) is 7.47. The number of furan rings is 1. The van der Waals surface area contributed by atoms with Crippen LogP contribution in [-0.2, 0) is 16.0 Å². The van der Waals surface area contributed by atoms with E-state index < -0.39 is 11.8 Å². The third kappa shape index (κ3) is 4.05. The predicted molar refractivity (Wildman–Crippen MR) is 111 cm³/mol. The van der Waals surface area contributed by atoms with Gasteiger partial charge in [-0.05, 0) is 25.0 Å². The Hall–Kier alpha value is -3.61. The second kappa shape index (κ2) is 8.41. The van der Waals surface area contributed by atoms with Crippen LogP contribution in [-0.4, -0.2) is 35.7 Å². The number of aryl methyl sites for hydroxylation is 1. The number of rotatable bonds is 5. The van der Waals surface area contributed by atoms with Crippen molar-refractivity contribution in [3.8, 4) is 0 Å². The lowest BCUT2D eigenvalue weighted by Crippen LogP contribution is -2.45. The van der Waals surface area contributed by atoms with Crippen LogP contribution in [0.5, 0.6) is 0 Å². The number of likely N-dealkylation sites (tertiary alicyclic amines) is 1. The first-order chi connectivity index (χ1) is 14.5. The number of nitrogens with zero attached hydrogens (tertiary/aromatic N) is 1. The van der Waals surface area contributed by atoms with Crippen molar-refractivity contribution in [2.45, 2.75) is 19.8 Å². The number of para-hydroxylation sites is 1. The van der Waals surface area contributed by atoms with Crippen molar-refractivity contribution >= 4 is 28.7 Å². The average Bonchev–Trinajstić information content (AvgIpc) is 3.31. The lowest BCUT2D eigenvalue weighted by atomic mass is 10.1. The van der Waals surface area contributed by atoms with Gasteiger partial charge in [0.2, 0.25) is 11.8 Å². The highest BCUT2D eigenvalue weighted by Gasteiger charge is 2.34. The zero-order valence-corrected chi connectivity index (χ0v) is 16.7. The first-order valence-corrected chi connectivity index (χ1v) is 9.93. The summed E-state index contributed by atoms with van der Waals surface area (Å²) in [4.78, 5) is 38.9. The third-order valence-electron chi connectivity index (χ3n) is 5.45. The summed E-state index contributed by atoms with van der Waals surface area (Å²) >= 11 is 0. The number of hydrogen-bond acceptors (Lipinski definition) is 4. The number of nitrogens with one attached hydrogen (secondary N) is 2. The minimum Gasteiger partial charge on any atom is -0.451 e. The molecular formula is C23H23N3O4. The summed E-state index contributed by atoms with van der Waals surface area (Å²) in [6.07, 6.45) is 0.878. The predicted octanol–water partition coefficient (Wildman–Crippen LogP) is 2.59. The lowest BCUT2D eigenvalue weighted by Gasteiger charge is -2.16. The molecule has 0 saturated carbocycles. The maximum absolute atomic E-state index is 12.5. The third-order valence-corrected chi connectivity index (χ3v) is 5.45. The zero-order chi connectivity index (χ0) is 21.1. The van der Waals surface area contributed by atoms with E-state index in [9.17, 15) is 14.4 Å². The van der Waals surface area contributed by atoms with Crippen molar-refractivity contribution in [2.24, 2.45) is 5.92 Å². The van der Waals surface area contributed by atoms with Crippen molar-refractivity contribution in [1.82, 2.24) is 15.8 Å². The Balaban J connectivity index is 1.31. The Kier molecular flexibility index (Phi) is 5.52. The number of amides is 3. The standard InChI is InChI=1S/C23H23N3O4/c1-15-18-9-5-6-10-19(18)30-21(15)23(29)25-24-22(28)17-13-20(27)26(14-17)12-11-16-7-3-2-4-8-16/h2-10,17H,11-14H2,1H3,(H,24,28)(H,25,29). The van der Waals surface area contributed by atoms with Crippen LogP contribution in [0.3, 0.4) is 0 Å².